The van der Waals surface area contributed by atoms with Crippen LogP contribution in [-0.2, 0) is 19.1 Å². The van der Waals surface area contributed by atoms with Crippen molar-refractivity contribution in [1.82, 2.24) is 4.90 Å². The van der Waals surface area contributed by atoms with Crippen LogP contribution < -0.4 is 0 Å². The fraction of sp³-hybridized carbons (Fsp3) is 0.618. The number of benzene rings is 1. The minimum atomic E-state index is -2.30. The summed E-state index contributed by atoms with van der Waals surface area (Å²) in [5, 5.41) is 22.1. The Bertz CT molecular complexity index is 1410. The van der Waals surface area contributed by atoms with E-state index < -0.39 is 82.1 Å². The lowest BCUT2D eigenvalue weighted by molar-refractivity contribution is -0.212. The number of aliphatic hydroxyl groups excluding tert-OH is 2. The Hall–Kier alpha value is -2.40. The molecule has 6 rings (SSSR count). The summed E-state index contributed by atoms with van der Waals surface area (Å²) in [4.78, 5) is 42.9. The summed E-state index contributed by atoms with van der Waals surface area (Å²) >= 11 is 1.63. The zero-order valence-electron chi connectivity index (χ0n) is 25.4. The number of thioether (sulfide) groups is 1. The third-order valence-corrected chi connectivity index (χ3v) is 13.0. The summed E-state index contributed by atoms with van der Waals surface area (Å²) in [5.41, 5.74) is -6.11. The van der Waals surface area contributed by atoms with E-state index in [4.69, 9.17) is 4.74 Å². The molecule has 4 fully saturated rings. The maximum absolute atomic E-state index is 17.7. The predicted octanol–water partition coefficient (Wildman–Crippen LogP) is 4.12. The number of ether oxygens (including phenoxy) is 1. The number of esters is 1. The number of ketones is 2. The van der Waals surface area contributed by atoms with Gasteiger partial charge in [0, 0.05) is 35.1 Å². The van der Waals surface area contributed by atoms with E-state index >= 15 is 8.78 Å². The summed E-state index contributed by atoms with van der Waals surface area (Å²) in [6, 6.07) is 9.04. The molecule has 0 bridgehead atoms. The Kier molecular flexibility index (Phi) is 7.99. The number of allylic oxidation sites excluding steroid dienone is 4. The lowest BCUT2D eigenvalue weighted by Gasteiger charge is -2.63. The number of carbonyl (C=O) groups excluding carboxylic acids is 3. The summed E-state index contributed by atoms with van der Waals surface area (Å²) in [5.74, 6) is -2.84. The number of carbonyl (C=O) groups is 3. The molecule has 7 nitrogen and oxygen atoms in total. The molecule has 1 aliphatic heterocycles. The van der Waals surface area contributed by atoms with Crippen LogP contribution >= 0.6 is 11.8 Å². The highest BCUT2D eigenvalue weighted by atomic mass is 32.2. The monoisotopic (exact) mass is 629 g/mol. The number of rotatable bonds is 8. The van der Waals surface area contributed by atoms with Crippen LogP contribution in [0.15, 0.2) is 59.0 Å². The van der Waals surface area contributed by atoms with Crippen LogP contribution in [0.5, 0.6) is 0 Å². The van der Waals surface area contributed by atoms with E-state index in [9.17, 15) is 24.6 Å². The number of Topliss-reactive ketones (excluding diaryl/α,β-unsaturated/α-hetero) is 1. The van der Waals surface area contributed by atoms with Crippen molar-refractivity contribution in [2.75, 3.05) is 32.1 Å². The zero-order valence-corrected chi connectivity index (χ0v) is 26.2. The van der Waals surface area contributed by atoms with Crippen molar-refractivity contribution in [1.29, 1.82) is 0 Å². The Labute approximate surface area is 261 Å². The molecule has 238 valence electrons. The molecule has 1 saturated heterocycles. The van der Waals surface area contributed by atoms with Gasteiger partial charge in [0.1, 0.15) is 18.8 Å². The SMILES string of the molecule is CCOC(=O)C1[C@@H]2C[C@H]3[C@@H]4C[C@H](F)C5=CC(=O)C=C[C@]5(C)[C@@]4(F)[C@@H](O)C[C@]3(C)[C@]2(C(=O)CO)CN1CCSc1ccccc1. The number of aliphatic hydroxyl groups is 2. The Morgan fingerprint density at radius 1 is 1.14 bits per heavy atom. The van der Waals surface area contributed by atoms with Gasteiger partial charge in [0.2, 0.25) is 0 Å². The summed E-state index contributed by atoms with van der Waals surface area (Å²) < 4.78 is 39.2. The summed E-state index contributed by atoms with van der Waals surface area (Å²) in [6.07, 6.45) is 0.528. The van der Waals surface area contributed by atoms with Crippen LogP contribution in [0.25, 0.3) is 0 Å². The fourth-order valence-electron chi connectivity index (χ4n) is 10.1. The van der Waals surface area contributed by atoms with Crippen molar-refractivity contribution in [3.05, 3.63) is 54.1 Å². The standard InChI is InChI=1S/C34H41F2NO6S/c1-4-43-30(42)29-25-15-22-23-16-26(35)24-14-20(39)10-11-31(24,2)34(23,36)27(40)17-32(22,3)33(25,28(41)18-38)19-37(29)12-13-44-21-8-6-5-7-9-21/h5-11,14,22-23,25-27,29,38,40H,4,12-13,15-19H2,1-3H3/t22-,23-,25-,26-,27-,29?,31-,32-,33+,34-/m0/s1. The minimum absolute atomic E-state index is 0.0391. The van der Waals surface area contributed by atoms with Gasteiger partial charge in [0.25, 0.3) is 0 Å². The average molecular weight is 630 g/mol. The highest BCUT2D eigenvalue weighted by Gasteiger charge is 2.79. The van der Waals surface area contributed by atoms with Gasteiger partial charge in [0.15, 0.2) is 17.2 Å². The van der Waals surface area contributed by atoms with Crippen molar-refractivity contribution in [2.45, 2.75) is 68.9 Å². The molecule has 0 radical (unpaired) electrons. The van der Waals surface area contributed by atoms with Crippen molar-refractivity contribution >= 4 is 29.3 Å². The molecule has 44 heavy (non-hydrogen) atoms. The smallest absolute Gasteiger partial charge is 0.323 e. The van der Waals surface area contributed by atoms with Crippen molar-refractivity contribution < 1.29 is 38.1 Å². The lowest BCUT2D eigenvalue weighted by Crippen LogP contribution is -2.69. The third kappa shape index (κ3) is 4.19. The summed E-state index contributed by atoms with van der Waals surface area (Å²) in [7, 11) is 0. The van der Waals surface area contributed by atoms with Gasteiger partial charge in [-0.1, -0.05) is 31.2 Å². The van der Waals surface area contributed by atoms with Gasteiger partial charge in [-0.25, -0.2) is 8.78 Å². The number of alkyl halides is 2. The van der Waals surface area contributed by atoms with E-state index in [-0.39, 0.29) is 38.0 Å². The minimum Gasteiger partial charge on any atom is -0.465 e. The quantitative estimate of drug-likeness (QED) is 0.327. The van der Waals surface area contributed by atoms with E-state index in [0.717, 1.165) is 11.0 Å². The largest absolute Gasteiger partial charge is 0.465 e. The molecule has 3 saturated carbocycles. The Morgan fingerprint density at radius 3 is 2.55 bits per heavy atom. The average Bonchev–Trinajstić information content (AvgIpc) is 3.45. The first-order chi connectivity index (χ1) is 20.9. The molecule has 0 aromatic heterocycles. The predicted molar refractivity (Wildman–Crippen MR) is 161 cm³/mol. The van der Waals surface area contributed by atoms with Crippen molar-refractivity contribution in [2.24, 2.45) is 34.0 Å². The topological polar surface area (TPSA) is 104 Å². The van der Waals surface area contributed by atoms with E-state index in [2.05, 4.69) is 0 Å². The van der Waals surface area contributed by atoms with Crippen LogP contribution in [0.3, 0.4) is 0 Å². The van der Waals surface area contributed by atoms with Crippen LogP contribution in [0.2, 0.25) is 0 Å². The number of fused-ring (bicyclic) bond motifs is 7. The first-order valence-corrected chi connectivity index (χ1v) is 16.6. The van der Waals surface area contributed by atoms with Gasteiger partial charge < -0.3 is 14.9 Å². The molecule has 10 heteroatoms. The number of nitrogens with zero attached hydrogens (tertiary/aromatic N) is 1. The van der Waals surface area contributed by atoms with Gasteiger partial charge in [0.05, 0.1) is 18.1 Å². The summed E-state index contributed by atoms with van der Waals surface area (Å²) in [6.45, 7) is 5.13. The molecule has 1 aromatic rings. The van der Waals surface area contributed by atoms with E-state index in [1.807, 2.05) is 42.2 Å². The maximum atomic E-state index is 17.7. The highest BCUT2D eigenvalue weighted by molar-refractivity contribution is 7.99. The lowest BCUT2D eigenvalue weighted by atomic mass is 9.43. The van der Waals surface area contributed by atoms with Gasteiger partial charge in [-0.15, -0.1) is 11.8 Å². The number of likely N-dealkylation sites (tertiary alicyclic amines) is 1. The zero-order chi connectivity index (χ0) is 31.7. The molecular formula is C34H41F2NO6S. The molecule has 2 N–H and O–H groups in total. The molecule has 0 amide bonds. The maximum Gasteiger partial charge on any atom is 0.323 e. The number of hydrogen-bond acceptors (Lipinski definition) is 8. The molecular weight excluding hydrogens is 588 g/mol. The molecule has 1 heterocycles. The molecule has 5 aliphatic rings. The van der Waals surface area contributed by atoms with Gasteiger partial charge in [-0.05, 0) is 80.2 Å². The Morgan fingerprint density at radius 2 is 1.86 bits per heavy atom. The molecule has 4 aliphatic carbocycles. The van der Waals surface area contributed by atoms with E-state index in [0.29, 0.717) is 12.3 Å². The molecule has 0 spiro atoms. The second-order valence-electron chi connectivity index (χ2n) is 13.6. The first kappa shape index (κ1) is 31.6. The normalized spacial score (nSPS) is 42.6. The Balaban J connectivity index is 1.40. The second-order valence-corrected chi connectivity index (χ2v) is 14.8. The van der Waals surface area contributed by atoms with Crippen LogP contribution in [0.1, 0.15) is 40.0 Å². The van der Waals surface area contributed by atoms with Crippen LogP contribution in [0.4, 0.5) is 8.78 Å². The van der Waals surface area contributed by atoms with Crippen LogP contribution in [-0.4, -0.2) is 88.7 Å². The third-order valence-electron chi connectivity index (χ3n) is 12.0. The van der Waals surface area contributed by atoms with E-state index in [1.54, 1.807) is 25.6 Å². The fourth-order valence-corrected chi connectivity index (χ4v) is 11.0. The van der Waals surface area contributed by atoms with E-state index in [1.165, 1.54) is 12.2 Å². The van der Waals surface area contributed by atoms with Gasteiger partial charge in [-0.2, -0.15) is 0 Å². The van der Waals surface area contributed by atoms with Crippen molar-refractivity contribution in [3.63, 3.8) is 0 Å². The van der Waals surface area contributed by atoms with Gasteiger partial charge >= 0.3 is 5.97 Å². The molecule has 10 atom stereocenters. The number of halogens is 2. The highest BCUT2D eigenvalue weighted by Crippen LogP contribution is 2.75. The number of hydrogen-bond donors (Lipinski definition) is 2. The first-order valence-electron chi connectivity index (χ1n) is 15.6. The van der Waals surface area contributed by atoms with Gasteiger partial charge in [-0.3, -0.25) is 19.3 Å². The van der Waals surface area contributed by atoms with Crippen molar-refractivity contribution in [3.8, 4) is 0 Å². The molecule has 1 aromatic carbocycles. The van der Waals surface area contributed by atoms with Crippen LogP contribution in [0, 0.1) is 34.0 Å². The molecule has 1 unspecified atom stereocenters. The second kappa shape index (κ2) is 11.1.